The summed E-state index contributed by atoms with van der Waals surface area (Å²) in [6, 6.07) is 11.9. The summed E-state index contributed by atoms with van der Waals surface area (Å²) in [4.78, 5) is 0. The van der Waals surface area contributed by atoms with Crippen molar-refractivity contribution in [2.45, 2.75) is 39.0 Å². The molecule has 1 nitrogen and oxygen atoms in total. The average molecular weight is 323 g/mol. The van der Waals surface area contributed by atoms with E-state index in [-0.39, 0.29) is 5.41 Å². The Labute approximate surface area is 136 Å². The largest absolute Gasteiger partial charge is 0.457 e. The van der Waals surface area contributed by atoms with Crippen LogP contribution in [0.15, 0.2) is 36.4 Å². The van der Waals surface area contributed by atoms with Gasteiger partial charge in [-0.05, 0) is 41.7 Å². The highest BCUT2D eigenvalue weighted by Gasteiger charge is 2.15. The normalized spacial score (nSPS) is 11.5. The fourth-order valence-electron chi connectivity index (χ4n) is 2.11. The van der Waals surface area contributed by atoms with Gasteiger partial charge >= 0.3 is 0 Å². The minimum atomic E-state index is 0.126. The first-order valence-electron chi connectivity index (χ1n) is 6.95. The lowest BCUT2D eigenvalue weighted by atomic mass is 9.86. The first-order valence-corrected chi connectivity index (χ1v) is 7.86. The van der Waals surface area contributed by atoms with E-state index < -0.39 is 0 Å². The van der Waals surface area contributed by atoms with Crippen LogP contribution in [0.3, 0.4) is 0 Å². The second-order valence-electron chi connectivity index (χ2n) is 6.18. The van der Waals surface area contributed by atoms with Gasteiger partial charge in [-0.1, -0.05) is 50.6 Å². The summed E-state index contributed by atoms with van der Waals surface area (Å²) in [6.07, 6.45) is 0. The zero-order valence-corrected chi connectivity index (χ0v) is 14.3. The number of rotatable bonds is 3. The summed E-state index contributed by atoms with van der Waals surface area (Å²) < 4.78 is 6.01. The molecule has 0 amide bonds. The molecule has 2 aromatic rings. The number of alkyl halides is 1. The lowest BCUT2D eigenvalue weighted by molar-refractivity contribution is 0.473. The Balaban J connectivity index is 2.35. The molecule has 112 valence electrons. The first-order chi connectivity index (χ1) is 9.82. The summed E-state index contributed by atoms with van der Waals surface area (Å²) in [5, 5.41) is 0.631. The highest BCUT2D eigenvalue weighted by Crippen LogP contribution is 2.34. The molecule has 3 heteroatoms. The predicted molar refractivity (Wildman–Crippen MR) is 91.0 cm³/mol. The Bertz CT molecular complexity index is 642. The minimum Gasteiger partial charge on any atom is -0.457 e. The summed E-state index contributed by atoms with van der Waals surface area (Å²) in [6.45, 7) is 8.65. The molecule has 0 fully saturated rings. The molecule has 2 aromatic carbocycles. The molecule has 0 aromatic heterocycles. The van der Waals surface area contributed by atoms with Gasteiger partial charge in [0.25, 0.3) is 0 Å². The second kappa shape index (κ2) is 6.29. The topological polar surface area (TPSA) is 9.23 Å². The molecule has 0 unspecified atom stereocenters. The van der Waals surface area contributed by atoms with Crippen LogP contribution < -0.4 is 4.74 Å². The van der Waals surface area contributed by atoms with Crippen molar-refractivity contribution in [1.82, 2.24) is 0 Å². The van der Waals surface area contributed by atoms with E-state index in [9.17, 15) is 0 Å². The molecule has 0 heterocycles. The summed E-state index contributed by atoms with van der Waals surface area (Å²) >= 11 is 12.1. The van der Waals surface area contributed by atoms with E-state index in [1.165, 1.54) is 5.56 Å². The Kier molecular flexibility index (Phi) is 4.85. The Morgan fingerprint density at radius 3 is 2.33 bits per heavy atom. The van der Waals surface area contributed by atoms with Crippen LogP contribution >= 0.6 is 23.2 Å². The zero-order chi connectivity index (χ0) is 15.6. The number of halogens is 2. The van der Waals surface area contributed by atoms with Crippen LogP contribution in [0.4, 0.5) is 0 Å². The van der Waals surface area contributed by atoms with Gasteiger partial charge in [0.15, 0.2) is 0 Å². The molecule has 0 saturated heterocycles. The van der Waals surface area contributed by atoms with Crippen LogP contribution in [-0.4, -0.2) is 0 Å². The molecule has 21 heavy (non-hydrogen) atoms. The molecular formula is C18H20Cl2O. The smallest absolute Gasteiger partial charge is 0.133 e. The molecule has 0 aliphatic carbocycles. The highest BCUT2D eigenvalue weighted by atomic mass is 35.5. The van der Waals surface area contributed by atoms with Gasteiger partial charge in [0, 0.05) is 10.6 Å². The monoisotopic (exact) mass is 322 g/mol. The van der Waals surface area contributed by atoms with Crippen molar-refractivity contribution in [2.75, 3.05) is 0 Å². The van der Waals surface area contributed by atoms with E-state index in [0.29, 0.717) is 16.7 Å². The molecular weight excluding hydrogens is 303 g/mol. The Morgan fingerprint density at radius 1 is 1.05 bits per heavy atom. The maximum atomic E-state index is 6.16. The average Bonchev–Trinajstić information content (AvgIpc) is 2.40. The summed E-state index contributed by atoms with van der Waals surface area (Å²) in [5.74, 6) is 1.87. The summed E-state index contributed by atoms with van der Waals surface area (Å²) in [7, 11) is 0. The maximum Gasteiger partial charge on any atom is 0.133 e. The SMILES string of the molecule is Cc1cc(C(C)(C)C)ccc1Oc1cccc(Cl)c1CCl. The molecule has 0 N–H and O–H groups in total. The number of benzene rings is 2. The fraction of sp³-hybridized carbons (Fsp3) is 0.333. The first kappa shape index (κ1) is 16.2. The molecule has 0 spiro atoms. The van der Waals surface area contributed by atoms with Crippen LogP contribution in [0, 0.1) is 6.92 Å². The molecule has 0 radical (unpaired) electrons. The third kappa shape index (κ3) is 3.72. The third-order valence-corrected chi connectivity index (χ3v) is 4.09. The summed E-state index contributed by atoms with van der Waals surface area (Å²) in [5.41, 5.74) is 3.33. The fourth-order valence-corrected chi connectivity index (χ4v) is 2.69. The van der Waals surface area contributed by atoms with E-state index in [1.807, 2.05) is 24.3 Å². The third-order valence-electron chi connectivity index (χ3n) is 3.47. The lowest BCUT2D eigenvalue weighted by Crippen LogP contribution is -2.11. The van der Waals surface area contributed by atoms with E-state index in [4.69, 9.17) is 27.9 Å². The number of hydrogen-bond acceptors (Lipinski definition) is 1. The van der Waals surface area contributed by atoms with Gasteiger partial charge in [-0.25, -0.2) is 0 Å². The zero-order valence-electron chi connectivity index (χ0n) is 12.8. The molecule has 0 saturated carbocycles. The van der Waals surface area contributed by atoms with Crippen molar-refractivity contribution in [3.63, 3.8) is 0 Å². The van der Waals surface area contributed by atoms with Crippen molar-refractivity contribution in [3.05, 3.63) is 58.1 Å². The number of aryl methyl sites for hydroxylation is 1. The van der Waals surface area contributed by atoms with Crippen molar-refractivity contribution < 1.29 is 4.74 Å². The standard InChI is InChI=1S/C18H20Cl2O/c1-12-10-13(18(2,3)4)8-9-16(12)21-17-7-5-6-15(20)14(17)11-19/h5-10H,11H2,1-4H3. The Hall–Kier alpha value is -1.18. The number of hydrogen-bond donors (Lipinski definition) is 0. The van der Waals surface area contributed by atoms with E-state index in [2.05, 4.69) is 39.8 Å². The van der Waals surface area contributed by atoms with Crippen LogP contribution in [-0.2, 0) is 11.3 Å². The van der Waals surface area contributed by atoms with Gasteiger partial charge < -0.3 is 4.74 Å². The Morgan fingerprint density at radius 2 is 1.76 bits per heavy atom. The minimum absolute atomic E-state index is 0.126. The quantitative estimate of drug-likeness (QED) is 0.588. The van der Waals surface area contributed by atoms with Crippen molar-refractivity contribution in [1.29, 1.82) is 0 Å². The van der Waals surface area contributed by atoms with Crippen molar-refractivity contribution >= 4 is 23.2 Å². The lowest BCUT2D eigenvalue weighted by Gasteiger charge is -2.21. The maximum absolute atomic E-state index is 6.16. The number of ether oxygens (including phenoxy) is 1. The second-order valence-corrected chi connectivity index (χ2v) is 6.86. The van der Waals surface area contributed by atoms with Gasteiger partial charge in [0.2, 0.25) is 0 Å². The van der Waals surface area contributed by atoms with Gasteiger partial charge in [0.05, 0.1) is 5.88 Å². The van der Waals surface area contributed by atoms with Crippen molar-refractivity contribution in [3.8, 4) is 11.5 Å². The van der Waals surface area contributed by atoms with Gasteiger partial charge in [-0.15, -0.1) is 11.6 Å². The predicted octanol–water partition coefficient (Wildman–Crippen LogP) is 6.48. The molecule has 0 aliphatic heterocycles. The van der Waals surface area contributed by atoms with Gasteiger partial charge in [-0.3, -0.25) is 0 Å². The van der Waals surface area contributed by atoms with E-state index >= 15 is 0 Å². The molecule has 0 atom stereocenters. The van der Waals surface area contributed by atoms with Gasteiger partial charge in [0.1, 0.15) is 11.5 Å². The molecule has 0 aliphatic rings. The van der Waals surface area contributed by atoms with E-state index in [1.54, 1.807) is 0 Å². The van der Waals surface area contributed by atoms with Crippen LogP contribution in [0.1, 0.15) is 37.5 Å². The van der Waals surface area contributed by atoms with Crippen LogP contribution in [0.2, 0.25) is 5.02 Å². The highest BCUT2D eigenvalue weighted by molar-refractivity contribution is 6.32. The van der Waals surface area contributed by atoms with E-state index in [0.717, 1.165) is 16.9 Å². The van der Waals surface area contributed by atoms with Crippen LogP contribution in [0.5, 0.6) is 11.5 Å². The van der Waals surface area contributed by atoms with Crippen molar-refractivity contribution in [2.24, 2.45) is 0 Å². The molecule has 2 rings (SSSR count). The van der Waals surface area contributed by atoms with Gasteiger partial charge in [-0.2, -0.15) is 0 Å². The molecule has 0 bridgehead atoms. The van der Waals surface area contributed by atoms with Crippen LogP contribution in [0.25, 0.3) is 0 Å².